The van der Waals surface area contributed by atoms with Gasteiger partial charge in [-0.2, -0.15) is 12.7 Å². The maximum atomic E-state index is 11.4. The van der Waals surface area contributed by atoms with E-state index in [0.29, 0.717) is 12.4 Å². The lowest BCUT2D eigenvalue weighted by molar-refractivity contribution is 0.448. The van der Waals surface area contributed by atoms with Crippen LogP contribution in [0.4, 0.5) is 0 Å². The normalized spacial score (nSPS) is 12.2. The van der Waals surface area contributed by atoms with E-state index in [4.69, 9.17) is 0 Å². The van der Waals surface area contributed by atoms with Crippen LogP contribution in [0.3, 0.4) is 0 Å². The maximum Gasteiger partial charge on any atom is 0.279 e. The highest BCUT2D eigenvalue weighted by atomic mass is 32.2. The number of aromatic nitrogens is 2. The van der Waals surface area contributed by atoms with Gasteiger partial charge in [0.2, 0.25) is 0 Å². The molecule has 0 unspecified atom stereocenters. The van der Waals surface area contributed by atoms with Crippen molar-refractivity contribution in [2.75, 3.05) is 13.6 Å². The minimum absolute atomic E-state index is 0.238. The number of hydrogen-bond acceptors (Lipinski definition) is 3. The van der Waals surface area contributed by atoms with Gasteiger partial charge in [-0.15, -0.1) is 0 Å². The highest BCUT2D eigenvalue weighted by Gasteiger charge is 2.16. The molecule has 0 amide bonds. The highest BCUT2D eigenvalue weighted by molar-refractivity contribution is 7.87. The third kappa shape index (κ3) is 2.79. The summed E-state index contributed by atoms with van der Waals surface area (Å²) in [6, 6.07) is 0. The SMILES string of the molecule is CCNS(=O)(=O)N(C)Cc1ncc[nH]1. The van der Waals surface area contributed by atoms with Crippen LogP contribution < -0.4 is 4.72 Å². The average Bonchev–Trinajstić information content (AvgIpc) is 2.56. The summed E-state index contributed by atoms with van der Waals surface area (Å²) >= 11 is 0. The van der Waals surface area contributed by atoms with Crippen LogP contribution in [-0.2, 0) is 16.8 Å². The van der Waals surface area contributed by atoms with Gasteiger partial charge < -0.3 is 4.98 Å². The van der Waals surface area contributed by atoms with Crippen molar-refractivity contribution in [1.29, 1.82) is 0 Å². The molecule has 0 aliphatic rings. The van der Waals surface area contributed by atoms with Gasteiger partial charge in [0.05, 0.1) is 6.54 Å². The number of nitrogens with zero attached hydrogens (tertiary/aromatic N) is 2. The van der Waals surface area contributed by atoms with E-state index in [1.54, 1.807) is 19.3 Å². The Hall–Kier alpha value is -0.920. The van der Waals surface area contributed by atoms with Crippen LogP contribution in [0.5, 0.6) is 0 Å². The fraction of sp³-hybridized carbons (Fsp3) is 0.571. The summed E-state index contributed by atoms with van der Waals surface area (Å²) in [7, 11) is -1.86. The molecule has 1 aromatic heterocycles. The second-order valence-electron chi connectivity index (χ2n) is 2.79. The molecule has 0 saturated carbocycles. The van der Waals surface area contributed by atoms with Crippen molar-refractivity contribution in [3.05, 3.63) is 18.2 Å². The van der Waals surface area contributed by atoms with Crippen LogP contribution in [0.2, 0.25) is 0 Å². The molecule has 0 aliphatic heterocycles. The summed E-state index contributed by atoms with van der Waals surface area (Å²) in [4.78, 5) is 6.78. The number of nitrogens with one attached hydrogen (secondary N) is 2. The van der Waals surface area contributed by atoms with Crippen molar-refractivity contribution in [3.8, 4) is 0 Å². The summed E-state index contributed by atoms with van der Waals surface area (Å²) in [5.74, 6) is 0.619. The molecule has 0 bridgehead atoms. The summed E-state index contributed by atoms with van der Waals surface area (Å²) in [6.45, 7) is 2.35. The first kappa shape index (κ1) is 11.2. The number of aromatic amines is 1. The van der Waals surface area contributed by atoms with Crippen molar-refractivity contribution < 1.29 is 8.42 Å². The summed E-state index contributed by atoms with van der Waals surface area (Å²) in [5, 5.41) is 0. The summed E-state index contributed by atoms with van der Waals surface area (Å²) in [6.07, 6.45) is 3.24. The van der Waals surface area contributed by atoms with Crippen LogP contribution in [0.15, 0.2) is 12.4 Å². The van der Waals surface area contributed by atoms with Gasteiger partial charge in [-0.1, -0.05) is 6.92 Å². The smallest absolute Gasteiger partial charge is 0.279 e. The predicted molar refractivity (Wildman–Crippen MR) is 52.7 cm³/mol. The second kappa shape index (κ2) is 4.54. The molecule has 6 nitrogen and oxygen atoms in total. The van der Waals surface area contributed by atoms with Gasteiger partial charge in [-0.3, -0.25) is 0 Å². The maximum absolute atomic E-state index is 11.4. The van der Waals surface area contributed by atoms with Crippen LogP contribution in [0.1, 0.15) is 12.7 Å². The van der Waals surface area contributed by atoms with E-state index in [0.717, 1.165) is 0 Å². The Balaban J connectivity index is 2.62. The lowest BCUT2D eigenvalue weighted by atomic mass is 10.6. The Morgan fingerprint density at radius 1 is 1.64 bits per heavy atom. The molecule has 7 heteroatoms. The Labute approximate surface area is 83.5 Å². The molecule has 1 heterocycles. The molecular weight excluding hydrogens is 204 g/mol. The van der Waals surface area contributed by atoms with Gasteiger partial charge >= 0.3 is 0 Å². The Kier molecular flexibility index (Phi) is 3.62. The zero-order chi connectivity index (χ0) is 10.6. The van der Waals surface area contributed by atoms with Gasteiger partial charge in [0.1, 0.15) is 5.82 Å². The first-order chi connectivity index (χ1) is 6.56. The predicted octanol–water partition coefficient (Wildman–Crippen LogP) is -0.304. The summed E-state index contributed by atoms with van der Waals surface area (Å²) < 4.78 is 26.5. The third-order valence-corrected chi connectivity index (χ3v) is 3.27. The Morgan fingerprint density at radius 3 is 2.86 bits per heavy atom. The van der Waals surface area contributed by atoms with Crippen LogP contribution in [0, 0.1) is 0 Å². The van der Waals surface area contributed by atoms with E-state index in [1.165, 1.54) is 11.4 Å². The van der Waals surface area contributed by atoms with Crippen LogP contribution in [-0.4, -0.2) is 36.3 Å². The van der Waals surface area contributed by atoms with Crippen LogP contribution >= 0.6 is 0 Å². The fourth-order valence-corrected chi connectivity index (χ4v) is 1.85. The van der Waals surface area contributed by atoms with Crippen molar-refractivity contribution in [2.24, 2.45) is 0 Å². The Bertz CT molecular complexity index is 359. The fourth-order valence-electron chi connectivity index (χ4n) is 0.973. The van der Waals surface area contributed by atoms with Gasteiger partial charge in [-0.25, -0.2) is 9.71 Å². The zero-order valence-electron chi connectivity index (χ0n) is 8.19. The molecule has 0 spiro atoms. The molecule has 0 saturated heterocycles. The highest BCUT2D eigenvalue weighted by Crippen LogP contribution is 1.99. The first-order valence-corrected chi connectivity index (χ1v) is 5.69. The van der Waals surface area contributed by atoms with Crippen LogP contribution in [0.25, 0.3) is 0 Å². The molecule has 0 atom stereocenters. The molecule has 0 radical (unpaired) electrons. The van der Waals surface area contributed by atoms with Gasteiger partial charge in [-0.05, 0) is 0 Å². The van der Waals surface area contributed by atoms with Crippen molar-refractivity contribution in [2.45, 2.75) is 13.5 Å². The molecule has 0 aliphatic carbocycles. The van der Waals surface area contributed by atoms with E-state index in [-0.39, 0.29) is 6.54 Å². The molecule has 2 N–H and O–H groups in total. The standard InChI is InChI=1S/C7H14N4O2S/c1-3-10-14(12,13)11(2)6-7-8-4-5-9-7/h4-5,10H,3,6H2,1-2H3,(H,8,9). The van der Waals surface area contributed by atoms with Crippen molar-refractivity contribution in [3.63, 3.8) is 0 Å². The first-order valence-electron chi connectivity index (χ1n) is 4.25. The molecule has 14 heavy (non-hydrogen) atoms. The number of hydrogen-bond donors (Lipinski definition) is 2. The quantitative estimate of drug-likeness (QED) is 0.712. The molecule has 80 valence electrons. The largest absolute Gasteiger partial charge is 0.347 e. The molecule has 1 aromatic rings. The molecule has 0 fully saturated rings. The third-order valence-electron chi connectivity index (χ3n) is 1.66. The number of imidazole rings is 1. The Morgan fingerprint density at radius 2 is 2.36 bits per heavy atom. The summed E-state index contributed by atoms with van der Waals surface area (Å²) in [5.41, 5.74) is 0. The van der Waals surface area contributed by atoms with E-state index in [2.05, 4.69) is 14.7 Å². The topological polar surface area (TPSA) is 78.1 Å². The monoisotopic (exact) mass is 218 g/mol. The molecule has 1 rings (SSSR count). The van der Waals surface area contributed by atoms with E-state index in [9.17, 15) is 8.42 Å². The van der Waals surface area contributed by atoms with Gasteiger partial charge in [0.15, 0.2) is 0 Å². The lowest BCUT2D eigenvalue weighted by Crippen LogP contribution is -2.37. The van der Waals surface area contributed by atoms with Crippen molar-refractivity contribution >= 4 is 10.2 Å². The number of H-pyrrole nitrogens is 1. The number of rotatable bonds is 5. The molecular formula is C7H14N4O2S. The van der Waals surface area contributed by atoms with Gasteiger partial charge in [0.25, 0.3) is 10.2 Å². The van der Waals surface area contributed by atoms with Gasteiger partial charge in [0, 0.05) is 26.0 Å². The zero-order valence-corrected chi connectivity index (χ0v) is 9.00. The van der Waals surface area contributed by atoms with Crippen molar-refractivity contribution in [1.82, 2.24) is 19.0 Å². The van der Waals surface area contributed by atoms with E-state index >= 15 is 0 Å². The van der Waals surface area contributed by atoms with E-state index < -0.39 is 10.2 Å². The minimum Gasteiger partial charge on any atom is -0.347 e. The lowest BCUT2D eigenvalue weighted by Gasteiger charge is -2.15. The molecule has 0 aromatic carbocycles. The second-order valence-corrected chi connectivity index (χ2v) is 4.66. The van der Waals surface area contributed by atoms with E-state index in [1.807, 2.05) is 0 Å². The average molecular weight is 218 g/mol. The minimum atomic E-state index is -3.36.